The van der Waals surface area contributed by atoms with E-state index >= 15 is 0 Å². The lowest BCUT2D eigenvalue weighted by Crippen LogP contribution is -1.87. The average molecular weight is 255 g/mol. The molecule has 18 heavy (non-hydrogen) atoms. The molecule has 0 fully saturated rings. The Labute approximate surface area is 111 Å². The predicted octanol–water partition coefficient (Wildman–Crippen LogP) is 3.86. The van der Waals surface area contributed by atoms with E-state index in [0.717, 1.165) is 27.5 Å². The lowest BCUT2D eigenvalue weighted by molar-refractivity contribution is 0.413. The summed E-state index contributed by atoms with van der Waals surface area (Å²) in [5.41, 5.74) is 1.81. The van der Waals surface area contributed by atoms with Gasteiger partial charge >= 0.3 is 0 Å². The molecular weight excluding hydrogens is 242 g/mol. The van der Waals surface area contributed by atoms with Gasteiger partial charge in [-0.3, -0.25) is 0 Å². The summed E-state index contributed by atoms with van der Waals surface area (Å²) in [5, 5.41) is 9.02. The van der Waals surface area contributed by atoms with Crippen LogP contribution in [-0.4, -0.2) is 7.11 Å². The zero-order valence-electron chi connectivity index (χ0n) is 10.1. The van der Waals surface area contributed by atoms with Crippen LogP contribution in [0.25, 0.3) is 0 Å². The first-order valence-corrected chi connectivity index (χ1v) is 6.57. The largest absolute Gasteiger partial charge is 0.497 e. The smallest absolute Gasteiger partial charge is 0.119 e. The van der Waals surface area contributed by atoms with Crippen molar-refractivity contribution < 1.29 is 4.74 Å². The van der Waals surface area contributed by atoms with E-state index < -0.39 is 0 Å². The van der Waals surface area contributed by atoms with Crippen molar-refractivity contribution in [1.29, 1.82) is 5.26 Å². The molecule has 2 rings (SSSR count). The van der Waals surface area contributed by atoms with E-state index in [1.54, 1.807) is 18.9 Å². The summed E-state index contributed by atoms with van der Waals surface area (Å²) >= 11 is 1.70. The fraction of sp³-hybridized carbons (Fsp3) is 0.133. The van der Waals surface area contributed by atoms with Crippen molar-refractivity contribution in [1.82, 2.24) is 0 Å². The normalized spacial score (nSPS) is 9.78. The SMILES string of the molecule is COc1cccc(SCc2ccccc2C#N)c1. The van der Waals surface area contributed by atoms with E-state index in [-0.39, 0.29) is 0 Å². The van der Waals surface area contributed by atoms with Gasteiger partial charge in [-0.1, -0.05) is 24.3 Å². The van der Waals surface area contributed by atoms with Crippen molar-refractivity contribution in [2.24, 2.45) is 0 Å². The van der Waals surface area contributed by atoms with Crippen molar-refractivity contribution in [3.63, 3.8) is 0 Å². The van der Waals surface area contributed by atoms with Gasteiger partial charge in [0.05, 0.1) is 18.7 Å². The molecule has 0 unspecified atom stereocenters. The Kier molecular flexibility index (Phi) is 4.27. The summed E-state index contributed by atoms with van der Waals surface area (Å²) in [6, 6.07) is 17.8. The zero-order chi connectivity index (χ0) is 12.8. The van der Waals surface area contributed by atoms with Crippen LogP contribution in [0.3, 0.4) is 0 Å². The van der Waals surface area contributed by atoms with Crippen LogP contribution in [-0.2, 0) is 5.75 Å². The topological polar surface area (TPSA) is 33.0 Å². The first-order chi connectivity index (χ1) is 8.83. The van der Waals surface area contributed by atoms with Gasteiger partial charge in [0.2, 0.25) is 0 Å². The van der Waals surface area contributed by atoms with Crippen molar-refractivity contribution >= 4 is 11.8 Å². The zero-order valence-corrected chi connectivity index (χ0v) is 10.9. The van der Waals surface area contributed by atoms with Gasteiger partial charge in [-0.15, -0.1) is 11.8 Å². The highest BCUT2D eigenvalue weighted by molar-refractivity contribution is 7.98. The molecule has 2 aromatic carbocycles. The predicted molar refractivity (Wildman–Crippen MR) is 73.7 cm³/mol. The minimum atomic E-state index is 0.743. The first kappa shape index (κ1) is 12.5. The lowest BCUT2D eigenvalue weighted by Gasteiger charge is -2.05. The monoisotopic (exact) mass is 255 g/mol. The molecule has 0 bridgehead atoms. The van der Waals surface area contributed by atoms with Gasteiger partial charge in [0.15, 0.2) is 0 Å². The van der Waals surface area contributed by atoms with E-state index in [0.29, 0.717) is 0 Å². The maximum atomic E-state index is 9.02. The van der Waals surface area contributed by atoms with Crippen LogP contribution >= 0.6 is 11.8 Å². The lowest BCUT2D eigenvalue weighted by atomic mass is 10.1. The standard InChI is InChI=1S/C15H13NOS/c1-17-14-7-4-8-15(9-14)18-11-13-6-3-2-5-12(13)10-16/h2-9H,11H2,1H3. The van der Waals surface area contributed by atoms with Crippen molar-refractivity contribution in [2.75, 3.05) is 7.11 Å². The molecule has 0 aliphatic rings. The number of nitrogens with zero attached hydrogens (tertiary/aromatic N) is 1. The second-order valence-electron chi connectivity index (χ2n) is 3.74. The number of ether oxygens (including phenoxy) is 1. The van der Waals surface area contributed by atoms with Gasteiger partial charge in [0.25, 0.3) is 0 Å². The molecule has 0 saturated carbocycles. The van der Waals surface area contributed by atoms with E-state index in [1.807, 2.05) is 48.5 Å². The molecule has 2 aromatic rings. The maximum absolute atomic E-state index is 9.02. The number of thioether (sulfide) groups is 1. The molecule has 2 nitrogen and oxygen atoms in total. The number of hydrogen-bond acceptors (Lipinski definition) is 3. The number of rotatable bonds is 4. The van der Waals surface area contributed by atoms with Gasteiger partial charge in [-0.25, -0.2) is 0 Å². The summed E-state index contributed by atoms with van der Waals surface area (Å²) in [6.45, 7) is 0. The molecule has 90 valence electrons. The van der Waals surface area contributed by atoms with E-state index in [9.17, 15) is 0 Å². The fourth-order valence-electron chi connectivity index (χ4n) is 1.61. The molecule has 0 aliphatic carbocycles. The Bertz CT molecular complexity index is 575. The van der Waals surface area contributed by atoms with Gasteiger partial charge in [0.1, 0.15) is 5.75 Å². The molecular formula is C15H13NOS. The first-order valence-electron chi connectivity index (χ1n) is 5.58. The molecule has 0 saturated heterocycles. The third-order valence-electron chi connectivity index (χ3n) is 2.57. The van der Waals surface area contributed by atoms with Gasteiger partial charge in [-0.2, -0.15) is 5.26 Å². The molecule has 0 aliphatic heterocycles. The highest BCUT2D eigenvalue weighted by Gasteiger charge is 2.02. The summed E-state index contributed by atoms with van der Waals surface area (Å²) < 4.78 is 5.19. The minimum Gasteiger partial charge on any atom is -0.497 e. The molecule has 0 radical (unpaired) electrons. The Morgan fingerprint density at radius 1 is 1.17 bits per heavy atom. The van der Waals surface area contributed by atoms with Crippen molar-refractivity contribution in [2.45, 2.75) is 10.6 Å². The molecule has 0 N–H and O–H groups in total. The number of nitriles is 1. The highest BCUT2D eigenvalue weighted by atomic mass is 32.2. The Morgan fingerprint density at radius 3 is 2.78 bits per heavy atom. The molecule has 3 heteroatoms. The van der Waals surface area contributed by atoms with Crippen LogP contribution in [0.15, 0.2) is 53.4 Å². The third kappa shape index (κ3) is 3.06. The van der Waals surface area contributed by atoms with Crippen LogP contribution in [0.2, 0.25) is 0 Å². The van der Waals surface area contributed by atoms with E-state index in [4.69, 9.17) is 10.00 Å². The van der Waals surface area contributed by atoms with Crippen LogP contribution in [0, 0.1) is 11.3 Å². The second-order valence-corrected chi connectivity index (χ2v) is 4.79. The third-order valence-corrected chi connectivity index (χ3v) is 3.62. The van der Waals surface area contributed by atoms with E-state index in [2.05, 4.69) is 6.07 Å². The van der Waals surface area contributed by atoms with Crippen molar-refractivity contribution in [3.8, 4) is 11.8 Å². The summed E-state index contributed by atoms with van der Waals surface area (Å²) in [6.07, 6.45) is 0. The number of hydrogen-bond donors (Lipinski definition) is 0. The van der Waals surface area contributed by atoms with Crippen LogP contribution in [0.1, 0.15) is 11.1 Å². The van der Waals surface area contributed by atoms with Crippen LogP contribution in [0.4, 0.5) is 0 Å². The second kappa shape index (κ2) is 6.13. The van der Waals surface area contributed by atoms with Crippen molar-refractivity contribution in [3.05, 3.63) is 59.7 Å². The molecule has 0 spiro atoms. The summed E-state index contributed by atoms with van der Waals surface area (Å²) in [5.74, 6) is 1.64. The summed E-state index contributed by atoms with van der Waals surface area (Å²) in [7, 11) is 1.66. The highest BCUT2D eigenvalue weighted by Crippen LogP contribution is 2.26. The Morgan fingerprint density at radius 2 is 2.00 bits per heavy atom. The fourth-order valence-corrected chi connectivity index (χ4v) is 2.56. The average Bonchev–Trinajstić information content (AvgIpc) is 2.45. The van der Waals surface area contributed by atoms with Gasteiger partial charge < -0.3 is 4.74 Å². The molecule has 0 atom stereocenters. The number of benzene rings is 2. The van der Waals surface area contributed by atoms with Gasteiger partial charge in [0, 0.05) is 10.6 Å². The Balaban J connectivity index is 2.09. The van der Waals surface area contributed by atoms with Crippen LogP contribution < -0.4 is 4.74 Å². The molecule has 0 aromatic heterocycles. The van der Waals surface area contributed by atoms with Gasteiger partial charge in [-0.05, 0) is 29.8 Å². The Hall–Kier alpha value is -1.92. The minimum absolute atomic E-state index is 0.743. The van der Waals surface area contributed by atoms with Crippen LogP contribution in [0.5, 0.6) is 5.75 Å². The number of methoxy groups -OCH3 is 1. The summed E-state index contributed by atoms with van der Waals surface area (Å²) in [4.78, 5) is 1.14. The van der Waals surface area contributed by atoms with E-state index in [1.165, 1.54) is 0 Å². The molecule has 0 amide bonds. The quantitative estimate of drug-likeness (QED) is 0.778. The maximum Gasteiger partial charge on any atom is 0.119 e. The molecule has 0 heterocycles.